The van der Waals surface area contributed by atoms with Crippen molar-refractivity contribution in [1.82, 2.24) is 4.57 Å². The van der Waals surface area contributed by atoms with Crippen molar-refractivity contribution in [3.05, 3.63) is 29.7 Å². The van der Waals surface area contributed by atoms with E-state index in [4.69, 9.17) is 0 Å². The van der Waals surface area contributed by atoms with Crippen LogP contribution < -0.4 is 0 Å². The Bertz CT molecular complexity index is 282. The van der Waals surface area contributed by atoms with Crippen LogP contribution >= 0.6 is 0 Å². The molecular formula is C9H12N2. The van der Waals surface area contributed by atoms with Gasteiger partial charge in [-0.3, -0.25) is 4.99 Å². The Balaban J connectivity index is 2.93. The molecule has 0 amide bonds. The lowest BCUT2D eigenvalue weighted by atomic mass is 10.2. The van der Waals surface area contributed by atoms with Crippen LogP contribution in [0.2, 0.25) is 0 Å². The molecule has 1 aromatic heterocycles. The lowest BCUT2D eigenvalue weighted by Gasteiger charge is -1.85. The highest BCUT2D eigenvalue weighted by atomic mass is 14.9. The van der Waals surface area contributed by atoms with Gasteiger partial charge in [-0.15, -0.1) is 0 Å². The lowest BCUT2D eigenvalue weighted by molar-refractivity contribution is 0.924. The fraction of sp³-hybridized carbons (Fsp3) is 0.222. The lowest BCUT2D eigenvalue weighted by Crippen LogP contribution is -1.77. The van der Waals surface area contributed by atoms with Crippen LogP contribution in [0.15, 0.2) is 23.6 Å². The van der Waals surface area contributed by atoms with E-state index in [-0.39, 0.29) is 0 Å². The van der Waals surface area contributed by atoms with Crippen molar-refractivity contribution in [1.29, 1.82) is 0 Å². The third kappa shape index (κ3) is 1.80. The maximum atomic E-state index is 3.64. The van der Waals surface area contributed by atoms with Crippen molar-refractivity contribution in [3.63, 3.8) is 0 Å². The fourth-order valence-corrected chi connectivity index (χ4v) is 1.05. The summed E-state index contributed by atoms with van der Waals surface area (Å²) in [6.45, 7) is 5.44. The van der Waals surface area contributed by atoms with Crippen molar-refractivity contribution >= 4 is 12.8 Å². The molecule has 0 aliphatic carbocycles. The molecule has 1 aromatic rings. The number of aryl methyl sites for hydroxylation is 2. The third-order valence-corrected chi connectivity index (χ3v) is 1.55. The molecule has 0 aliphatic rings. The highest BCUT2D eigenvalue weighted by Gasteiger charge is 1.94. The molecule has 58 valence electrons. The van der Waals surface area contributed by atoms with E-state index in [0.717, 1.165) is 0 Å². The summed E-state index contributed by atoms with van der Waals surface area (Å²) in [7, 11) is 2.01. The SMILES string of the molecule is C=N/C=C\c1cn(C)cc1C. The van der Waals surface area contributed by atoms with E-state index in [9.17, 15) is 0 Å². The van der Waals surface area contributed by atoms with Gasteiger partial charge in [-0.25, -0.2) is 0 Å². The first-order valence-corrected chi connectivity index (χ1v) is 3.49. The molecule has 0 aliphatic heterocycles. The van der Waals surface area contributed by atoms with Gasteiger partial charge in [0.25, 0.3) is 0 Å². The van der Waals surface area contributed by atoms with Crippen LogP contribution in [0, 0.1) is 6.92 Å². The summed E-state index contributed by atoms with van der Waals surface area (Å²) in [4.78, 5) is 3.64. The summed E-state index contributed by atoms with van der Waals surface area (Å²) in [5.41, 5.74) is 2.45. The first kappa shape index (κ1) is 7.79. The van der Waals surface area contributed by atoms with Gasteiger partial charge < -0.3 is 4.57 Å². The molecule has 2 heteroatoms. The average Bonchev–Trinajstić information content (AvgIpc) is 2.26. The zero-order chi connectivity index (χ0) is 8.27. The summed E-state index contributed by atoms with van der Waals surface area (Å²) in [6.07, 6.45) is 7.77. The van der Waals surface area contributed by atoms with Gasteiger partial charge in [-0.2, -0.15) is 0 Å². The van der Waals surface area contributed by atoms with Gasteiger partial charge in [0.15, 0.2) is 0 Å². The van der Waals surface area contributed by atoms with Crippen LogP contribution in [-0.2, 0) is 7.05 Å². The molecule has 0 bridgehead atoms. The van der Waals surface area contributed by atoms with E-state index in [1.165, 1.54) is 11.1 Å². The summed E-state index contributed by atoms with van der Waals surface area (Å²) >= 11 is 0. The maximum absolute atomic E-state index is 3.64. The zero-order valence-electron chi connectivity index (χ0n) is 6.91. The van der Waals surface area contributed by atoms with Gasteiger partial charge >= 0.3 is 0 Å². The van der Waals surface area contributed by atoms with E-state index < -0.39 is 0 Å². The zero-order valence-corrected chi connectivity index (χ0v) is 6.91. The Kier molecular flexibility index (Phi) is 2.26. The average molecular weight is 148 g/mol. The van der Waals surface area contributed by atoms with Gasteiger partial charge in [0.1, 0.15) is 0 Å². The molecule has 0 saturated heterocycles. The smallest absolute Gasteiger partial charge is 0.0267 e. The second-order valence-electron chi connectivity index (χ2n) is 2.56. The second kappa shape index (κ2) is 3.19. The standard InChI is InChI=1S/C9H12N2/c1-8-6-11(3)7-9(8)4-5-10-2/h4-7H,2H2,1,3H3/b5-4-. The van der Waals surface area contributed by atoms with Crippen LogP contribution in [0.1, 0.15) is 11.1 Å². The Hall–Kier alpha value is -1.31. The molecule has 0 fully saturated rings. The van der Waals surface area contributed by atoms with Gasteiger partial charge in [-0.1, -0.05) is 0 Å². The van der Waals surface area contributed by atoms with E-state index in [1.807, 2.05) is 17.7 Å². The van der Waals surface area contributed by atoms with Crippen LogP contribution in [0.4, 0.5) is 0 Å². The monoisotopic (exact) mass is 148 g/mol. The minimum absolute atomic E-state index is 1.19. The number of rotatable bonds is 2. The predicted octanol–water partition coefficient (Wildman–Crippen LogP) is 2.00. The van der Waals surface area contributed by atoms with Crippen molar-refractivity contribution < 1.29 is 0 Å². The molecule has 0 N–H and O–H groups in total. The molecule has 0 atom stereocenters. The summed E-state index contributed by atoms with van der Waals surface area (Å²) < 4.78 is 2.03. The van der Waals surface area contributed by atoms with E-state index in [2.05, 4.69) is 31.0 Å². The van der Waals surface area contributed by atoms with Crippen molar-refractivity contribution in [2.75, 3.05) is 0 Å². The van der Waals surface area contributed by atoms with Gasteiger partial charge in [0.2, 0.25) is 0 Å². The van der Waals surface area contributed by atoms with Gasteiger partial charge in [0, 0.05) is 25.6 Å². The van der Waals surface area contributed by atoms with Gasteiger partial charge in [-0.05, 0) is 30.8 Å². The molecule has 11 heavy (non-hydrogen) atoms. The first-order valence-electron chi connectivity index (χ1n) is 3.49. The van der Waals surface area contributed by atoms with E-state index >= 15 is 0 Å². The Morgan fingerprint density at radius 1 is 1.55 bits per heavy atom. The highest BCUT2D eigenvalue weighted by Crippen LogP contribution is 2.09. The Morgan fingerprint density at radius 3 is 2.73 bits per heavy atom. The molecule has 0 saturated carbocycles. The summed E-state index contributed by atoms with van der Waals surface area (Å²) in [5.74, 6) is 0. The van der Waals surface area contributed by atoms with Gasteiger partial charge in [0.05, 0.1) is 0 Å². The Morgan fingerprint density at radius 2 is 2.27 bits per heavy atom. The normalized spacial score (nSPS) is 10.7. The number of nitrogens with zero attached hydrogens (tertiary/aromatic N) is 2. The fourth-order valence-electron chi connectivity index (χ4n) is 1.05. The van der Waals surface area contributed by atoms with Crippen molar-refractivity contribution in [2.24, 2.45) is 12.0 Å². The summed E-state index contributed by atoms with van der Waals surface area (Å²) in [5, 5.41) is 0. The Labute approximate surface area is 66.9 Å². The number of hydrogen-bond acceptors (Lipinski definition) is 1. The maximum Gasteiger partial charge on any atom is 0.0267 e. The first-order chi connectivity index (χ1) is 5.24. The number of aromatic nitrogens is 1. The minimum Gasteiger partial charge on any atom is -0.356 e. The number of aliphatic imine (C=N–C) groups is 1. The molecule has 1 heterocycles. The highest BCUT2D eigenvalue weighted by molar-refractivity contribution is 5.53. The quantitative estimate of drug-likeness (QED) is 0.571. The van der Waals surface area contributed by atoms with E-state index in [0.29, 0.717) is 0 Å². The largest absolute Gasteiger partial charge is 0.356 e. The summed E-state index contributed by atoms with van der Waals surface area (Å²) in [6, 6.07) is 0. The predicted molar refractivity (Wildman–Crippen MR) is 48.7 cm³/mol. The van der Waals surface area contributed by atoms with Crippen LogP contribution in [0.5, 0.6) is 0 Å². The molecule has 2 nitrogen and oxygen atoms in total. The molecule has 0 unspecified atom stereocenters. The van der Waals surface area contributed by atoms with Crippen LogP contribution in [-0.4, -0.2) is 11.3 Å². The number of hydrogen-bond donors (Lipinski definition) is 0. The second-order valence-corrected chi connectivity index (χ2v) is 2.56. The van der Waals surface area contributed by atoms with Crippen molar-refractivity contribution in [2.45, 2.75) is 6.92 Å². The third-order valence-electron chi connectivity index (χ3n) is 1.55. The topological polar surface area (TPSA) is 17.3 Å². The van der Waals surface area contributed by atoms with Crippen molar-refractivity contribution in [3.8, 4) is 0 Å². The van der Waals surface area contributed by atoms with Crippen LogP contribution in [0.25, 0.3) is 6.08 Å². The minimum atomic E-state index is 1.19. The molecule has 0 aromatic carbocycles. The molecule has 0 spiro atoms. The molecule has 1 rings (SSSR count). The van der Waals surface area contributed by atoms with Crippen LogP contribution in [0.3, 0.4) is 0 Å². The molecule has 0 radical (unpaired) electrons. The van der Waals surface area contributed by atoms with E-state index in [1.54, 1.807) is 6.20 Å². The molecular weight excluding hydrogens is 136 g/mol.